The minimum Gasteiger partial charge on any atom is -0.368 e. The molecule has 0 spiro atoms. The molecule has 1 aromatic heterocycles. The summed E-state index contributed by atoms with van der Waals surface area (Å²) in [6, 6.07) is 0.690. The van der Waals surface area contributed by atoms with Gasteiger partial charge < -0.3 is 10.2 Å². The molecule has 0 unspecified atom stereocenters. The van der Waals surface area contributed by atoms with Gasteiger partial charge in [-0.2, -0.15) is 0 Å². The van der Waals surface area contributed by atoms with Crippen molar-refractivity contribution in [3.8, 4) is 0 Å². The molecule has 19 heavy (non-hydrogen) atoms. The van der Waals surface area contributed by atoms with Crippen molar-refractivity contribution in [1.29, 1.82) is 0 Å². The van der Waals surface area contributed by atoms with Gasteiger partial charge in [0.05, 0.1) is 17.6 Å². The van der Waals surface area contributed by atoms with Gasteiger partial charge in [-0.25, -0.2) is 9.97 Å². The molecule has 4 nitrogen and oxygen atoms in total. The molecule has 0 aliphatic heterocycles. The third kappa shape index (κ3) is 3.77. The normalized spacial score (nSPS) is 14.7. The molecule has 0 radical (unpaired) electrons. The maximum Gasteiger partial charge on any atom is 0.131 e. The van der Waals surface area contributed by atoms with Crippen molar-refractivity contribution in [2.45, 2.75) is 45.2 Å². The van der Waals surface area contributed by atoms with Gasteiger partial charge in [0.25, 0.3) is 0 Å². The fraction of sp³-hybridized carbons (Fsp3) is 0.600. The quantitative estimate of drug-likeness (QED) is 0.765. The second-order valence-electron chi connectivity index (χ2n) is 5.54. The Morgan fingerprint density at radius 1 is 1.53 bits per heavy atom. The van der Waals surface area contributed by atoms with E-state index >= 15 is 0 Å². The molecule has 0 aromatic carbocycles. The molecule has 2 rings (SSSR count). The Bertz CT molecular complexity index is 438. The second-order valence-corrected chi connectivity index (χ2v) is 5.54. The number of rotatable bonds is 7. The van der Waals surface area contributed by atoms with Gasteiger partial charge in [-0.05, 0) is 12.8 Å². The molecule has 4 heteroatoms. The van der Waals surface area contributed by atoms with E-state index in [1.54, 1.807) is 0 Å². The van der Waals surface area contributed by atoms with Crippen LogP contribution in [0.1, 0.15) is 44.1 Å². The van der Waals surface area contributed by atoms with Crippen LogP contribution in [0, 0.1) is 0 Å². The van der Waals surface area contributed by atoms with Crippen LogP contribution in [0.5, 0.6) is 0 Å². The number of nitrogens with one attached hydrogen (secondary N) is 1. The molecule has 0 amide bonds. The van der Waals surface area contributed by atoms with Gasteiger partial charge in [0, 0.05) is 32.1 Å². The van der Waals surface area contributed by atoms with Crippen LogP contribution < -0.4 is 10.2 Å². The zero-order chi connectivity index (χ0) is 13.8. The molecule has 1 fully saturated rings. The summed E-state index contributed by atoms with van der Waals surface area (Å²) in [4.78, 5) is 11.3. The molecule has 1 N–H and O–H groups in total. The van der Waals surface area contributed by atoms with Crippen LogP contribution in [0.2, 0.25) is 0 Å². The van der Waals surface area contributed by atoms with Gasteiger partial charge in [-0.1, -0.05) is 19.9 Å². The Kier molecular flexibility index (Phi) is 4.53. The highest BCUT2D eigenvalue weighted by atomic mass is 15.1. The van der Waals surface area contributed by atoms with Crippen molar-refractivity contribution in [2.24, 2.45) is 0 Å². The summed E-state index contributed by atoms with van der Waals surface area (Å²) < 4.78 is 0. The van der Waals surface area contributed by atoms with Crippen LogP contribution in [0.4, 0.5) is 5.69 Å². The summed E-state index contributed by atoms with van der Waals surface area (Å²) >= 11 is 0. The fourth-order valence-corrected chi connectivity index (χ4v) is 1.97. The number of nitrogens with zero attached hydrogens (tertiary/aromatic N) is 3. The topological polar surface area (TPSA) is 41.1 Å². The first-order valence-electron chi connectivity index (χ1n) is 7.03. The minimum atomic E-state index is 0.360. The zero-order valence-corrected chi connectivity index (χ0v) is 12.2. The van der Waals surface area contributed by atoms with E-state index in [-0.39, 0.29) is 0 Å². The summed E-state index contributed by atoms with van der Waals surface area (Å²) in [5.74, 6) is 1.28. The summed E-state index contributed by atoms with van der Waals surface area (Å²) in [5, 5.41) is 3.53. The molecular weight excluding hydrogens is 236 g/mol. The lowest BCUT2D eigenvalue weighted by molar-refractivity contribution is 0.658. The van der Waals surface area contributed by atoms with Gasteiger partial charge in [-0.15, -0.1) is 6.58 Å². The standard InChI is InChI=1S/C15H24N4/c1-5-8-19(4)14-10-17-15(11(2)3)18-13(14)9-16-12-6-7-12/h5,10-12,16H,1,6-9H2,2-4H3. The average molecular weight is 260 g/mol. The van der Waals surface area contributed by atoms with Gasteiger partial charge in [0.2, 0.25) is 0 Å². The van der Waals surface area contributed by atoms with Gasteiger partial charge in [0.15, 0.2) is 0 Å². The summed E-state index contributed by atoms with van der Waals surface area (Å²) in [5.41, 5.74) is 2.19. The Labute approximate surface area is 115 Å². The predicted molar refractivity (Wildman–Crippen MR) is 79.4 cm³/mol. The van der Waals surface area contributed by atoms with Crippen LogP contribution in [-0.4, -0.2) is 29.6 Å². The number of likely N-dealkylation sites (N-methyl/N-ethyl adjacent to an activating group) is 1. The minimum absolute atomic E-state index is 0.360. The third-order valence-electron chi connectivity index (χ3n) is 3.33. The number of hydrogen-bond acceptors (Lipinski definition) is 4. The Morgan fingerprint density at radius 2 is 2.26 bits per heavy atom. The van der Waals surface area contributed by atoms with Crippen molar-refractivity contribution >= 4 is 5.69 Å². The van der Waals surface area contributed by atoms with Crippen molar-refractivity contribution in [3.63, 3.8) is 0 Å². The second kappa shape index (κ2) is 6.15. The van der Waals surface area contributed by atoms with Crippen LogP contribution in [0.3, 0.4) is 0 Å². The smallest absolute Gasteiger partial charge is 0.131 e. The first kappa shape index (κ1) is 14.0. The molecular formula is C15H24N4. The largest absolute Gasteiger partial charge is 0.368 e. The first-order chi connectivity index (χ1) is 9.11. The van der Waals surface area contributed by atoms with E-state index in [1.807, 2.05) is 12.3 Å². The molecule has 0 atom stereocenters. The molecule has 104 valence electrons. The van der Waals surface area contributed by atoms with Gasteiger partial charge in [0.1, 0.15) is 5.82 Å². The van der Waals surface area contributed by atoms with E-state index in [1.165, 1.54) is 12.8 Å². The molecule has 1 aliphatic carbocycles. The predicted octanol–water partition coefficient (Wildman–Crippen LogP) is 2.47. The van der Waals surface area contributed by atoms with Crippen LogP contribution in [0.15, 0.2) is 18.9 Å². The molecule has 1 aromatic rings. The maximum absolute atomic E-state index is 4.73. The van der Waals surface area contributed by atoms with E-state index in [0.717, 1.165) is 30.3 Å². The van der Waals surface area contributed by atoms with Gasteiger partial charge >= 0.3 is 0 Å². The zero-order valence-electron chi connectivity index (χ0n) is 12.2. The third-order valence-corrected chi connectivity index (χ3v) is 3.33. The van der Waals surface area contributed by atoms with E-state index in [9.17, 15) is 0 Å². The number of anilines is 1. The molecule has 1 aliphatic rings. The molecule has 1 saturated carbocycles. The van der Waals surface area contributed by atoms with E-state index in [2.05, 4.69) is 42.7 Å². The van der Waals surface area contributed by atoms with E-state index < -0.39 is 0 Å². The van der Waals surface area contributed by atoms with E-state index in [4.69, 9.17) is 4.98 Å². The van der Waals surface area contributed by atoms with Crippen LogP contribution in [0.25, 0.3) is 0 Å². The Hall–Kier alpha value is -1.42. The van der Waals surface area contributed by atoms with Crippen LogP contribution in [-0.2, 0) is 6.54 Å². The van der Waals surface area contributed by atoms with Crippen molar-refractivity contribution in [2.75, 3.05) is 18.5 Å². The highest BCUT2D eigenvalue weighted by Crippen LogP contribution is 2.23. The lowest BCUT2D eigenvalue weighted by atomic mass is 10.2. The Balaban J connectivity index is 2.20. The summed E-state index contributed by atoms with van der Waals surface area (Å²) in [6.07, 6.45) is 6.42. The molecule has 0 saturated heterocycles. The van der Waals surface area contributed by atoms with E-state index in [0.29, 0.717) is 12.0 Å². The number of aromatic nitrogens is 2. The first-order valence-corrected chi connectivity index (χ1v) is 7.03. The summed E-state index contributed by atoms with van der Waals surface area (Å²) in [7, 11) is 2.05. The summed E-state index contributed by atoms with van der Waals surface area (Å²) in [6.45, 7) is 9.67. The molecule has 0 bridgehead atoms. The van der Waals surface area contributed by atoms with Crippen molar-refractivity contribution in [1.82, 2.24) is 15.3 Å². The fourth-order valence-electron chi connectivity index (χ4n) is 1.97. The van der Waals surface area contributed by atoms with Crippen LogP contribution >= 0.6 is 0 Å². The average Bonchev–Trinajstić information content (AvgIpc) is 3.20. The SMILES string of the molecule is C=CCN(C)c1cnc(C(C)C)nc1CNC1CC1. The number of hydrogen-bond donors (Lipinski definition) is 1. The van der Waals surface area contributed by atoms with Gasteiger partial charge in [-0.3, -0.25) is 0 Å². The maximum atomic E-state index is 4.73. The highest BCUT2D eigenvalue weighted by Gasteiger charge is 2.21. The van der Waals surface area contributed by atoms with Crippen molar-refractivity contribution < 1.29 is 0 Å². The molecule has 1 heterocycles. The lowest BCUT2D eigenvalue weighted by Crippen LogP contribution is -2.24. The van der Waals surface area contributed by atoms with Crippen molar-refractivity contribution in [3.05, 3.63) is 30.4 Å². The lowest BCUT2D eigenvalue weighted by Gasteiger charge is -2.21. The highest BCUT2D eigenvalue weighted by molar-refractivity contribution is 5.49. The monoisotopic (exact) mass is 260 g/mol. The Morgan fingerprint density at radius 3 is 2.84 bits per heavy atom.